The van der Waals surface area contributed by atoms with Crippen LogP contribution in [0.25, 0.3) is 0 Å². The molecule has 1 saturated heterocycles. The fraction of sp³-hybridized carbons (Fsp3) is 0.562. The molecule has 0 bridgehead atoms. The second kappa shape index (κ2) is 8.31. The predicted molar refractivity (Wildman–Crippen MR) is 81.1 cm³/mol. The number of nitrogens with one attached hydrogen (secondary N) is 1. The van der Waals surface area contributed by atoms with Crippen molar-refractivity contribution in [3.8, 4) is 0 Å². The molecular formula is C16H21F3N2O2. The van der Waals surface area contributed by atoms with Crippen molar-refractivity contribution in [2.45, 2.75) is 32.0 Å². The number of carbonyl (C=O) groups excluding carboxylic acids is 1. The van der Waals surface area contributed by atoms with Gasteiger partial charge >= 0.3 is 6.18 Å². The summed E-state index contributed by atoms with van der Waals surface area (Å²) in [5, 5.41) is 2.56. The smallest absolute Gasteiger partial charge is 0.362 e. The number of hydrogen-bond donors (Lipinski definition) is 1. The normalized spacial score (nSPS) is 16.3. The van der Waals surface area contributed by atoms with Gasteiger partial charge in [0, 0.05) is 12.2 Å². The maximum Gasteiger partial charge on any atom is 0.411 e. The molecule has 23 heavy (non-hydrogen) atoms. The minimum absolute atomic E-state index is 0.570. The Kier molecular flexibility index (Phi) is 6.41. The van der Waals surface area contributed by atoms with Crippen molar-refractivity contribution >= 4 is 11.6 Å². The van der Waals surface area contributed by atoms with Crippen molar-refractivity contribution in [1.29, 1.82) is 0 Å². The molecule has 0 saturated carbocycles. The highest BCUT2D eigenvalue weighted by Crippen LogP contribution is 2.17. The average molecular weight is 330 g/mol. The minimum Gasteiger partial charge on any atom is -0.362 e. The lowest BCUT2D eigenvalue weighted by molar-refractivity contribution is -0.174. The number of piperidine rings is 1. The van der Waals surface area contributed by atoms with E-state index in [1.54, 1.807) is 6.07 Å². The molecule has 2 rings (SSSR count). The predicted octanol–water partition coefficient (Wildman–Crippen LogP) is 3.19. The summed E-state index contributed by atoms with van der Waals surface area (Å²) >= 11 is 0. The average Bonchev–Trinajstić information content (AvgIpc) is 2.47. The van der Waals surface area contributed by atoms with E-state index in [-0.39, 0.29) is 0 Å². The molecule has 0 unspecified atom stereocenters. The van der Waals surface area contributed by atoms with Gasteiger partial charge in [-0.1, -0.05) is 18.6 Å². The lowest BCUT2D eigenvalue weighted by Gasteiger charge is -2.26. The van der Waals surface area contributed by atoms with E-state index in [0.717, 1.165) is 25.2 Å². The van der Waals surface area contributed by atoms with Crippen LogP contribution >= 0.6 is 0 Å². The monoisotopic (exact) mass is 330 g/mol. The summed E-state index contributed by atoms with van der Waals surface area (Å²) in [6.45, 7) is 0.920. The lowest BCUT2D eigenvalue weighted by atomic mass is 10.1. The fourth-order valence-corrected chi connectivity index (χ4v) is 2.58. The van der Waals surface area contributed by atoms with E-state index in [4.69, 9.17) is 0 Å². The van der Waals surface area contributed by atoms with Crippen LogP contribution in [0.3, 0.4) is 0 Å². The Morgan fingerprint density at radius 2 is 1.96 bits per heavy atom. The van der Waals surface area contributed by atoms with Crippen molar-refractivity contribution in [1.82, 2.24) is 4.90 Å². The van der Waals surface area contributed by atoms with Gasteiger partial charge in [-0.15, -0.1) is 0 Å². The summed E-state index contributed by atoms with van der Waals surface area (Å²) in [6, 6.07) is 7.35. The molecule has 1 fully saturated rings. The molecule has 1 aromatic carbocycles. The number of likely N-dealkylation sites (tertiary alicyclic amines) is 1. The largest absolute Gasteiger partial charge is 0.411 e. The molecule has 0 aromatic heterocycles. The number of rotatable bonds is 6. The van der Waals surface area contributed by atoms with Crippen LogP contribution < -0.4 is 5.32 Å². The summed E-state index contributed by atoms with van der Waals surface area (Å²) in [4.78, 5) is 13.9. The Hall–Kier alpha value is -1.60. The molecular weight excluding hydrogens is 309 g/mol. The zero-order chi connectivity index (χ0) is 16.7. The number of ether oxygens (including phenoxy) is 1. The maximum absolute atomic E-state index is 11.9. The summed E-state index contributed by atoms with van der Waals surface area (Å²) in [5.74, 6) is -0.593. The van der Waals surface area contributed by atoms with Crippen LogP contribution in [0.15, 0.2) is 24.3 Å². The number of halogens is 3. The van der Waals surface area contributed by atoms with E-state index in [9.17, 15) is 18.0 Å². The molecule has 128 valence electrons. The molecule has 1 heterocycles. The third kappa shape index (κ3) is 7.00. The van der Waals surface area contributed by atoms with Crippen molar-refractivity contribution in [3.63, 3.8) is 0 Å². The number of amides is 1. The summed E-state index contributed by atoms with van der Waals surface area (Å²) in [7, 11) is 0. The molecule has 1 aliphatic heterocycles. The van der Waals surface area contributed by atoms with Crippen LogP contribution in [0.2, 0.25) is 0 Å². The first-order chi connectivity index (χ1) is 10.9. The molecule has 0 radical (unpaired) electrons. The Morgan fingerprint density at radius 1 is 1.22 bits per heavy atom. The van der Waals surface area contributed by atoms with E-state index in [1.165, 1.54) is 19.3 Å². The standard InChI is InChI=1S/C16H21F3N2O2/c17-16(18,19)12-23-11-15(22)20-14-6-4-5-13(9-14)10-21-7-2-1-3-8-21/h4-6,9H,1-3,7-8,10-12H2,(H,20,22). The van der Waals surface area contributed by atoms with Crippen molar-refractivity contribution < 1.29 is 22.7 Å². The van der Waals surface area contributed by atoms with E-state index < -0.39 is 25.3 Å². The molecule has 1 aromatic rings. The third-order valence-corrected chi connectivity index (χ3v) is 3.56. The fourth-order valence-electron chi connectivity index (χ4n) is 2.58. The van der Waals surface area contributed by atoms with Gasteiger partial charge in [0.05, 0.1) is 0 Å². The first-order valence-corrected chi connectivity index (χ1v) is 7.68. The molecule has 0 spiro atoms. The highest BCUT2D eigenvalue weighted by Gasteiger charge is 2.27. The molecule has 7 heteroatoms. The van der Waals surface area contributed by atoms with Crippen LogP contribution in [0, 0.1) is 0 Å². The van der Waals surface area contributed by atoms with Gasteiger partial charge in [-0.2, -0.15) is 13.2 Å². The summed E-state index contributed by atoms with van der Waals surface area (Å²) in [5.41, 5.74) is 1.64. The van der Waals surface area contributed by atoms with E-state index in [2.05, 4.69) is 15.0 Å². The van der Waals surface area contributed by atoms with Crippen LogP contribution in [0.5, 0.6) is 0 Å². The van der Waals surface area contributed by atoms with Gasteiger partial charge in [0.25, 0.3) is 0 Å². The minimum atomic E-state index is -4.42. The van der Waals surface area contributed by atoms with Gasteiger partial charge in [0.1, 0.15) is 13.2 Å². The third-order valence-electron chi connectivity index (χ3n) is 3.56. The highest BCUT2D eigenvalue weighted by atomic mass is 19.4. The van der Waals surface area contributed by atoms with Crippen LogP contribution in [0.1, 0.15) is 24.8 Å². The zero-order valence-corrected chi connectivity index (χ0v) is 12.9. The molecule has 1 aliphatic rings. The topological polar surface area (TPSA) is 41.6 Å². The van der Waals surface area contributed by atoms with Gasteiger partial charge in [-0.05, 0) is 43.6 Å². The van der Waals surface area contributed by atoms with Gasteiger partial charge in [-0.25, -0.2) is 0 Å². The number of alkyl halides is 3. The Balaban J connectivity index is 1.80. The number of anilines is 1. The number of hydrogen-bond acceptors (Lipinski definition) is 3. The number of carbonyl (C=O) groups is 1. The molecule has 4 nitrogen and oxygen atoms in total. The lowest BCUT2D eigenvalue weighted by Crippen LogP contribution is -2.29. The zero-order valence-electron chi connectivity index (χ0n) is 12.9. The van der Waals surface area contributed by atoms with E-state index in [1.807, 2.05) is 18.2 Å². The molecule has 0 aliphatic carbocycles. The number of nitrogens with zero attached hydrogens (tertiary/aromatic N) is 1. The van der Waals surface area contributed by atoms with Gasteiger partial charge in [-0.3, -0.25) is 9.69 Å². The van der Waals surface area contributed by atoms with Crippen molar-refractivity contribution in [2.75, 3.05) is 31.6 Å². The van der Waals surface area contributed by atoms with E-state index in [0.29, 0.717) is 5.69 Å². The van der Waals surface area contributed by atoms with Crippen LogP contribution in [-0.2, 0) is 16.1 Å². The van der Waals surface area contributed by atoms with Gasteiger partial charge < -0.3 is 10.1 Å². The first kappa shape index (κ1) is 17.7. The second-order valence-electron chi connectivity index (χ2n) is 5.69. The Morgan fingerprint density at radius 3 is 2.65 bits per heavy atom. The molecule has 1 N–H and O–H groups in total. The quantitative estimate of drug-likeness (QED) is 0.871. The molecule has 0 atom stereocenters. The summed E-state index contributed by atoms with van der Waals surface area (Å²) < 4.78 is 40.2. The van der Waals surface area contributed by atoms with Gasteiger partial charge in [0.2, 0.25) is 5.91 Å². The second-order valence-corrected chi connectivity index (χ2v) is 5.69. The van der Waals surface area contributed by atoms with Crippen LogP contribution in [-0.4, -0.2) is 43.3 Å². The van der Waals surface area contributed by atoms with Gasteiger partial charge in [0.15, 0.2) is 0 Å². The van der Waals surface area contributed by atoms with Crippen molar-refractivity contribution in [3.05, 3.63) is 29.8 Å². The SMILES string of the molecule is O=C(COCC(F)(F)F)Nc1cccc(CN2CCCCC2)c1. The van der Waals surface area contributed by atoms with Crippen LogP contribution in [0.4, 0.5) is 18.9 Å². The first-order valence-electron chi connectivity index (χ1n) is 7.68. The Bertz CT molecular complexity index is 514. The molecule has 1 amide bonds. The Labute approximate surface area is 133 Å². The maximum atomic E-state index is 11.9. The summed E-state index contributed by atoms with van der Waals surface area (Å²) in [6.07, 6.45) is -0.751. The number of benzene rings is 1. The highest BCUT2D eigenvalue weighted by molar-refractivity contribution is 5.91. The van der Waals surface area contributed by atoms with E-state index >= 15 is 0 Å². The van der Waals surface area contributed by atoms with Crippen molar-refractivity contribution in [2.24, 2.45) is 0 Å².